The van der Waals surface area contributed by atoms with Crippen LogP contribution in [0.3, 0.4) is 0 Å². The molecule has 3 aromatic rings. The van der Waals surface area contributed by atoms with Crippen molar-refractivity contribution in [2.45, 2.75) is 28.5 Å². The van der Waals surface area contributed by atoms with Crippen molar-refractivity contribution in [1.29, 1.82) is 0 Å². The number of benzene rings is 3. The smallest absolute Gasteiger partial charge is 0.295 e. The Labute approximate surface area is 228 Å². The molecular formula is C24H22N2O10S3. The standard InChI is InChI=1S/C24H22N2O10S3/c1-3-4-18-9-11-20(14-24(18)39(32,33)34)25-26(27)21-12-10-17(22(15-21)37-36-35-28)7-8-19-6-5-16(2)13-23(19)38(29,30)31/h3-15,28H,1-2H3,(H,29,30,31)(H,32,33,34)/b4-3+,8-7+,26-25?. The number of allylic oxidation sites excluding steroid dienone is 1. The minimum Gasteiger partial charge on any atom is -0.594 e. The first kappa shape index (κ1) is 30.1. The highest BCUT2D eigenvalue weighted by Crippen LogP contribution is 2.32. The average molecular weight is 595 g/mol. The predicted octanol–water partition coefficient (Wildman–Crippen LogP) is 6.05. The first-order valence-corrected chi connectivity index (χ1v) is 14.4. The first-order chi connectivity index (χ1) is 18.3. The maximum absolute atomic E-state index is 12.8. The van der Waals surface area contributed by atoms with Crippen LogP contribution < -0.4 is 0 Å². The molecule has 0 radical (unpaired) electrons. The number of azo groups is 1. The number of hydrogen-bond acceptors (Lipinski definition) is 10. The van der Waals surface area contributed by atoms with Gasteiger partial charge in [-0.3, -0.25) is 9.11 Å². The van der Waals surface area contributed by atoms with Crippen LogP contribution in [-0.4, -0.2) is 36.1 Å². The molecule has 12 nitrogen and oxygen atoms in total. The maximum Gasteiger partial charge on any atom is 0.295 e. The zero-order valence-corrected chi connectivity index (χ0v) is 22.8. The van der Waals surface area contributed by atoms with Crippen molar-refractivity contribution in [3.63, 3.8) is 0 Å². The van der Waals surface area contributed by atoms with E-state index in [2.05, 4.69) is 14.5 Å². The normalized spacial score (nSPS) is 13.0. The lowest BCUT2D eigenvalue weighted by atomic mass is 10.1. The van der Waals surface area contributed by atoms with Gasteiger partial charge >= 0.3 is 0 Å². The van der Waals surface area contributed by atoms with Gasteiger partial charge in [0.15, 0.2) is 0 Å². The summed E-state index contributed by atoms with van der Waals surface area (Å²) >= 11 is 0.527. The third-order valence-corrected chi connectivity index (χ3v) is 7.57. The van der Waals surface area contributed by atoms with E-state index in [9.17, 15) is 31.1 Å². The molecule has 0 saturated heterocycles. The Hall–Kier alpha value is -3.41. The largest absolute Gasteiger partial charge is 0.594 e. The number of hydrogen-bond donors (Lipinski definition) is 3. The summed E-state index contributed by atoms with van der Waals surface area (Å²) in [6.07, 6.45) is 5.95. The number of nitrogens with zero attached hydrogens (tertiary/aromatic N) is 2. The Morgan fingerprint density at radius 1 is 0.872 bits per heavy atom. The van der Waals surface area contributed by atoms with Crippen molar-refractivity contribution in [2.24, 2.45) is 5.11 Å². The van der Waals surface area contributed by atoms with Gasteiger partial charge in [-0.1, -0.05) is 52.4 Å². The Morgan fingerprint density at radius 2 is 1.46 bits per heavy atom. The van der Waals surface area contributed by atoms with Gasteiger partial charge in [0.2, 0.25) is 5.69 Å². The van der Waals surface area contributed by atoms with E-state index in [1.54, 1.807) is 26.0 Å². The van der Waals surface area contributed by atoms with Crippen LogP contribution in [0.4, 0.5) is 11.4 Å². The Balaban J connectivity index is 2.02. The molecule has 0 aromatic heterocycles. The summed E-state index contributed by atoms with van der Waals surface area (Å²) in [4.78, 5) is -0.294. The Morgan fingerprint density at radius 3 is 2.10 bits per heavy atom. The monoisotopic (exact) mass is 594 g/mol. The van der Waals surface area contributed by atoms with E-state index in [0.29, 0.717) is 23.2 Å². The molecule has 0 aliphatic rings. The molecule has 0 unspecified atom stereocenters. The SMILES string of the molecule is C/C=C/c1ccc(N=[N+]([O-])c2ccc(/C=C/c3ccc(C)cc3S(=O)(=O)O)c(SOOO)c2)cc1S(=O)(=O)O. The van der Waals surface area contributed by atoms with Crippen molar-refractivity contribution in [3.8, 4) is 0 Å². The molecule has 0 saturated carbocycles. The molecule has 3 N–H and O–H groups in total. The molecule has 0 atom stereocenters. The van der Waals surface area contributed by atoms with Crippen molar-refractivity contribution in [2.75, 3.05) is 0 Å². The van der Waals surface area contributed by atoms with Crippen LogP contribution in [0.25, 0.3) is 18.2 Å². The fourth-order valence-electron chi connectivity index (χ4n) is 3.37. The van der Waals surface area contributed by atoms with Gasteiger partial charge in [0, 0.05) is 17.2 Å². The maximum atomic E-state index is 12.8. The lowest BCUT2D eigenvalue weighted by Gasteiger charge is -2.08. The Bertz CT molecular complexity index is 1680. The van der Waals surface area contributed by atoms with E-state index >= 15 is 0 Å². The van der Waals surface area contributed by atoms with Gasteiger partial charge in [-0.25, -0.2) is 5.26 Å². The van der Waals surface area contributed by atoms with E-state index in [1.807, 2.05) is 0 Å². The van der Waals surface area contributed by atoms with Gasteiger partial charge < -0.3 is 5.21 Å². The lowest BCUT2D eigenvalue weighted by molar-refractivity contribution is -0.435. The molecule has 0 aliphatic heterocycles. The lowest BCUT2D eigenvalue weighted by Crippen LogP contribution is -2.01. The van der Waals surface area contributed by atoms with Crippen LogP contribution >= 0.6 is 12.0 Å². The summed E-state index contributed by atoms with van der Waals surface area (Å²) in [5, 5.41) is 28.8. The molecule has 0 spiro atoms. The zero-order chi connectivity index (χ0) is 28.8. The average Bonchev–Trinajstić information content (AvgIpc) is 2.86. The molecule has 0 heterocycles. The summed E-state index contributed by atoms with van der Waals surface area (Å²) in [6, 6.07) is 12.4. The predicted molar refractivity (Wildman–Crippen MR) is 143 cm³/mol. The molecule has 3 aromatic carbocycles. The van der Waals surface area contributed by atoms with Crippen LogP contribution in [0.15, 0.2) is 80.5 Å². The molecule has 0 fully saturated rings. The summed E-state index contributed by atoms with van der Waals surface area (Å²) in [5.74, 6) is 0. The topological polar surface area (TPSA) is 186 Å². The minimum absolute atomic E-state index is 0.0314. The van der Waals surface area contributed by atoms with Crippen molar-refractivity contribution in [3.05, 3.63) is 88.1 Å². The van der Waals surface area contributed by atoms with Crippen LogP contribution in [0.2, 0.25) is 0 Å². The summed E-state index contributed by atoms with van der Waals surface area (Å²) in [5.41, 5.74) is 1.33. The zero-order valence-electron chi connectivity index (χ0n) is 20.3. The van der Waals surface area contributed by atoms with Gasteiger partial charge in [0.1, 0.15) is 15.5 Å². The molecular weight excluding hydrogens is 572 g/mol. The highest BCUT2D eigenvalue weighted by Gasteiger charge is 2.17. The van der Waals surface area contributed by atoms with Crippen LogP contribution in [0, 0.1) is 12.1 Å². The summed E-state index contributed by atoms with van der Waals surface area (Å²) < 4.78 is 70.7. The highest BCUT2D eigenvalue weighted by molar-refractivity contribution is 7.94. The number of rotatable bonds is 10. The molecule has 0 aliphatic carbocycles. The number of aryl methyl sites for hydroxylation is 1. The second-order valence-corrected chi connectivity index (χ2v) is 11.4. The van der Waals surface area contributed by atoms with Gasteiger partial charge in [-0.05, 0) is 60.4 Å². The summed E-state index contributed by atoms with van der Waals surface area (Å²) in [6.45, 7) is 3.33. The van der Waals surface area contributed by atoms with Gasteiger partial charge in [-0.2, -0.15) is 16.8 Å². The third-order valence-electron chi connectivity index (χ3n) is 5.09. The fourth-order valence-corrected chi connectivity index (χ4v) is 5.35. The van der Waals surface area contributed by atoms with Crippen molar-refractivity contribution in [1.82, 2.24) is 0 Å². The molecule has 39 heavy (non-hydrogen) atoms. The molecule has 206 valence electrons. The van der Waals surface area contributed by atoms with Gasteiger partial charge in [0.25, 0.3) is 20.2 Å². The third kappa shape index (κ3) is 8.04. The van der Waals surface area contributed by atoms with E-state index in [-0.39, 0.29) is 37.2 Å². The van der Waals surface area contributed by atoms with Crippen molar-refractivity contribution >= 4 is 61.9 Å². The second-order valence-electron chi connectivity index (χ2n) is 7.87. The van der Waals surface area contributed by atoms with E-state index in [4.69, 9.17) is 5.26 Å². The van der Waals surface area contributed by atoms with Crippen molar-refractivity contribution < 1.29 is 45.4 Å². The van der Waals surface area contributed by atoms with E-state index < -0.39 is 25.1 Å². The van der Waals surface area contributed by atoms with Gasteiger partial charge in [-0.15, -0.1) is 4.33 Å². The highest BCUT2D eigenvalue weighted by atomic mass is 32.2. The Kier molecular flexibility index (Phi) is 9.76. The van der Waals surface area contributed by atoms with E-state index in [0.717, 1.165) is 6.07 Å². The van der Waals surface area contributed by atoms with Crippen LogP contribution in [0.5, 0.6) is 0 Å². The second kappa shape index (κ2) is 12.6. The molecule has 0 amide bonds. The van der Waals surface area contributed by atoms with E-state index in [1.165, 1.54) is 60.7 Å². The quantitative estimate of drug-likeness (QED) is 0.0472. The van der Waals surface area contributed by atoms with Crippen LogP contribution in [0.1, 0.15) is 29.2 Å². The first-order valence-electron chi connectivity index (χ1n) is 10.8. The summed E-state index contributed by atoms with van der Waals surface area (Å²) in [7, 11) is -9.10. The minimum atomic E-state index is -4.60. The molecule has 0 bridgehead atoms. The fraction of sp³-hybridized carbons (Fsp3) is 0.0833. The molecule has 3 rings (SSSR count). The van der Waals surface area contributed by atoms with Gasteiger partial charge in [0.05, 0.1) is 16.9 Å². The van der Waals surface area contributed by atoms with Crippen LogP contribution in [-0.2, 0) is 29.6 Å². The molecule has 15 heteroatoms.